The molecule has 1 atom stereocenters. The Morgan fingerprint density at radius 3 is 2.37 bits per heavy atom. The van der Waals surface area contributed by atoms with Crippen LogP contribution in [-0.2, 0) is 11.2 Å². The Balaban J connectivity index is 0.000000293. The van der Waals surface area contributed by atoms with E-state index in [0.717, 1.165) is 66.1 Å². The fraction of sp³-hybridized carbons (Fsp3) is 0.289. The van der Waals surface area contributed by atoms with Crippen molar-refractivity contribution in [3.05, 3.63) is 119 Å². The van der Waals surface area contributed by atoms with Crippen LogP contribution >= 0.6 is 0 Å². The number of hydrogen-bond acceptors (Lipinski definition) is 6. The Hall–Kier alpha value is -4.82. The molecule has 0 saturated carbocycles. The summed E-state index contributed by atoms with van der Waals surface area (Å²) >= 11 is 0. The lowest BCUT2D eigenvalue weighted by atomic mass is 9.86. The SMILES string of the molecule is CC1=C(c2cccc(O)c2)[C@H](c2ccc(OCCN3CC(CF)C3)cc2)Oc2ccc(O)cc21.O=C(O)CCCc1ccccc1. The van der Waals surface area contributed by atoms with Crippen molar-refractivity contribution >= 4 is 17.1 Å². The molecule has 2 heterocycles. The zero-order chi connectivity index (χ0) is 32.5. The van der Waals surface area contributed by atoms with Gasteiger partial charge >= 0.3 is 5.97 Å². The number of carboxylic acids is 1. The van der Waals surface area contributed by atoms with Crippen molar-refractivity contribution in [1.82, 2.24) is 4.90 Å². The van der Waals surface area contributed by atoms with Crippen molar-refractivity contribution in [3.8, 4) is 23.0 Å². The molecule has 6 rings (SSSR count). The Kier molecular flexibility index (Phi) is 10.9. The van der Waals surface area contributed by atoms with Crippen LogP contribution in [0.5, 0.6) is 23.0 Å². The number of rotatable bonds is 11. The van der Waals surface area contributed by atoms with Gasteiger partial charge in [-0.25, -0.2) is 0 Å². The van der Waals surface area contributed by atoms with E-state index in [2.05, 4.69) is 4.90 Å². The van der Waals surface area contributed by atoms with Crippen LogP contribution in [-0.4, -0.2) is 59.1 Å². The lowest BCUT2D eigenvalue weighted by Crippen LogP contribution is -2.49. The van der Waals surface area contributed by atoms with Crippen molar-refractivity contribution in [3.63, 3.8) is 0 Å². The van der Waals surface area contributed by atoms with Crippen LogP contribution in [0.3, 0.4) is 0 Å². The number of halogens is 1. The van der Waals surface area contributed by atoms with E-state index in [0.29, 0.717) is 12.4 Å². The lowest BCUT2D eigenvalue weighted by molar-refractivity contribution is -0.137. The first kappa shape index (κ1) is 32.6. The highest BCUT2D eigenvalue weighted by Crippen LogP contribution is 2.47. The molecule has 0 bridgehead atoms. The molecule has 7 nitrogen and oxygen atoms in total. The second-order valence-electron chi connectivity index (χ2n) is 11.7. The molecule has 1 fully saturated rings. The zero-order valence-corrected chi connectivity index (χ0v) is 25.9. The summed E-state index contributed by atoms with van der Waals surface area (Å²) in [5.41, 5.74) is 5.77. The first-order valence-electron chi connectivity index (χ1n) is 15.6. The van der Waals surface area contributed by atoms with Crippen LogP contribution < -0.4 is 9.47 Å². The number of carbonyl (C=O) groups is 1. The Labute approximate surface area is 269 Å². The molecule has 240 valence electrons. The number of fused-ring (bicyclic) bond motifs is 1. The van der Waals surface area contributed by atoms with Gasteiger partial charge in [0.15, 0.2) is 0 Å². The highest BCUT2D eigenvalue weighted by molar-refractivity contribution is 5.95. The van der Waals surface area contributed by atoms with Gasteiger partial charge in [0.1, 0.15) is 35.7 Å². The number of allylic oxidation sites excluding steroid dienone is 1. The summed E-state index contributed by atoms with van der Waals surface area (Å²) in [5.74, 6) is 1.29. The smallest absolute Gasteiger partial charge is 0.303 e. The van der Waals surface area contributed by atoms with Crippen LogP contribution in [0.2, 0.25) is 0 Å². The summed E-state index contributed by atoms with van der Waals surface area (Å²) in [6.07, 6.45) is 1.45. The van der Waals surface area contributed by atoms with Crippen molar-refractivity contribution in [2.24, 2.45) is 5.92 Å². The van der Waals surface area contributed by atoms with E-state index in [1.165, 1.54) is 5.56 Å². The van der Waals surface area contributed by atoms with Gasteiger partial charge in [-0.3, -0.25) is 14.1 Å². The maximum atomic E-state index is 12.6. The number of phenolic OH excluding ortho intramolecular Hbond substituents is 2. The Morgan fingerprint density at radius 1 is 0.935 bits per heavy atom. The topological polar surface area (TPSA) is 99.5 Å². The van der Waals surface area contributed by atoms with Crippen molar-refractivity contribution in [2.75, 3.05) is 32.9 Å². The van der Waals surface area contributed by atoms with Crippen LogP contribution in [0.15, 0.2) is 97.1 Å². The second-order valence-corrected chi connectivity index (χ2v) is 11.7. The summed E-state index contributed by atoms with van der Waals surface area (Å²) in [6, 6.07) is 30.0. The van der Waals surface area contributed by atoms with Crippen molar-refractivity contribution in [1.29, 1.82) is 0 Å². The summed E-state index contributed by atoms with van der Waals surface area (Å²) in [4.78, 5) is 12.4. The first-order chi connectivity index (χ1) is 22.3. The van der Waals surface area contributed by atoms with Crippen LogP contribution in [0, 0.1) is 5.92 Å². The molecular formula is C38H40FNO6. The standard InChI is InChI=1S/C28H28FNO4.C10H12O2/c1-18-25-14-23(32)7-10-26(25)34-28(27(18)21-3-2-4-22(31)13-21)20-5-8-24(9-6-20)33-12-11-30-16-19(15-29)17-30;11-10(12)8-4-7-9-5-2-1-3-6-9/h2-10,13-14,19,28,31-32H,11-12,15-17H2,1H3;1-3,5-6H,4,7-8H2,(H,11,12)/t28-;/m0./s1. The summed E-state index contributed by atoms with van der Waals surface area (Å²) in [7, 11) is 0. The molecule has 8 heteroatoms. The lowest BCUT2D eigenvalue weighted by Gasteiger charge is -2.37. The number of nitrogens with zero attached hydrogens (tertiary/aromatic N) is 1. The van der Waals surface area contributed by atoms with Crippen LogP contribution in [0.4, 0.5) is 4.39 Å². The number of carboxylic acid groups (broad SMARTS) is 1. The minimum absolute atomic E-state index is 0.176. The molecule has 0 spiro atoms. The number of alkyl halides is 1. The van der Waals surface area contributed by atoms with E-state index in [-0.39, 0.29) is 36.6 Å². The third kappa shape index (κ3) is 8.46. The molecule has 0 aromatic heterocycles. The number of likely N-dealkylation sites (tertiary alicyclic amines) is 1. The summed E-state index contributed by atoms with van der Waals surface area (Å²) in [6.45, 7) is 4.72. The highest BCUT2D eigenvalue weighted by Gasteiger charge is 2.30. The van der Waals surface area contributed by atoms with E-state index >= 15 is 0 Å². The van der Waals surface area contributed by atoms with Crippen LogP contribution in [0.1, 0.15) is 48.1 Å². The van der Waals surface area contributed by atoms with E-state index in [1.54, 1.807) is 30.3 Å². The molecular weight excluding hydrogens is 585 g/mol. The number of ether oxygens (including phenoxy) is 2. The van der Waals surface area contributed by atoms with Gasteiger partial charge in [0, 0.05) is 43.1 Å². The van der Waals surface area contributed by atoms with E-state index in [4.69, 9.17) is 14.6 Å². The fourth-order valence-corrected chi connectivity index (χ4v) is 5.79. The first-order valence-corrected chi connectivity index (χ1v) is 15.6. The van der Waals surface area contributed by atoms with Crippen molar-refractivity contribution < 1.29 is 34.0 Å². The quantitative estimate of drug-likeness (QED) is 0.158. The average Bonchev–Trinajstić information content (AvgIpc) is 3.03. The van der Waals surface area contributed by atoms with Crippen molar-refractivity contribution in [2.45, 2.75) is 32.3 Å². The molecule has 0 amide bonds. The number of aromatic hydroxyl groups is 2. The van der Waals surface area contributed by atoms with Crippen LogP contribution in [0.25, 0.3) is 11.1 Å². The number of aliphatic carboxylic acids is 1. The minimum Gasteiger partial charge on any atom is -0.508 e. The molecule has 0 unspecified atom stereocenters. The third-order valence-electron chi connectivity index (χ3n) is 8.24. The fourth-order valence-electron chi connectivity index (χ4n) is 5.79. The molecule has 2 aliphatic rings. The van der Waals surface area contributed by atoms with Gasteiger partial charge in [-0.2, -0.15) is 0 Å². The number of hydrogen-bond donors (Lipinski definition) is 3. The molecule has 4 aromatic carbocycles. The highest BCUT2D eigenvalue weighted by atomic mass is 19.1. The van der Waals surface area contributed by atoms with E-state index in [1.807, 2.05) is 73.7 Å². The predicted molar refractivity (Wildman–Crippen MR) is 177 cm³/mol. The maximum Gasteiger partial charge on any atom is 0.303 e. The molecule has 46 heavy (non-hydrogen) atoms. The summed E-state index contributed by atoms with van der Waals surface area (Å²) < 4.78 is 24.9. The number of benzene rings is 4. The normalized spacial score (nSPS) is 16.0. The second kappa shape index (κ2) is 15.5. The van der Waals surface area contributed by atoms with Gasteiger partial charge in [-0.15, -0.1) is 0 Å². The zero-order valence-electron chi connectivity index (χ0n) is 25.9. The molecule has 0 aliphatic carbocycles. The molecule has 2 aliphatic heterocycles. The largest absolute Gasteiger partial charge is 0.508 e. The van der Waals surface area contributed by atoms with Gasteiger partial charge < -0.3 is 24.8 Å². The maximum absolute atomic E-state index is 12.6. The third-order valence-corrected chi connectivity index (χ3v) is 8.24. The van der Waals surface area contributed by atoms with Gasteiger partial charge in [0.05, 0.1) is 6.67 Å². The minimum atomic E-state index is -0.717. The molecule has 1 saturated heterocycles. The van der Waals surface area contributed by atoms with E-state index < -0.39 is 5.97 Å². The Morgan fingerprint density at radius 2 is 1.67 bits per heavy atom. The number of phenols is 2. The van der Waals surface area contributed by atoms with Gasteiger partial charge in [-0.05, 0) is 84.5 Å². The monoisotopic (exact) mass is 625 g/mol. The van der Waals surface area contributed by atoms with Gasteiger partial charge in [0.2, 0.25) is 0 Å². The average molecular weight is 626 g/mol. The Bertz CT molecular complexity index is 1630. The van der Waals surface area contributed by atoms with Gasteiger partial charge in [-0.1, -0.05) is 54.6 Å². The predicted octanol–water partition coefficient (Wildman–Crippen LogP) is 7.54. The molecule has 3 N–H and O–H groups in total. The number of aryl methyl sites for hydroxylation is 1. The molecule has 4 aromatic rings. The molecule has 0 radical (unpaired) electrons. The van der Waals surface area contributed by atoms with E-state index in [9.17, 15) is 19.4 Å². The summed E-state index contributed by atoms with van der Waals surface area (Å²) in [5, 5.41) is 28.5. The van der Waals surface area contributed by atoms with Gasteiger partial charge in [0.25, 0.3) is 0 Å².